The summed E-state index contributed by atoms with van der Waals surface area (Å²) in [7, 11) is 0. The van der Waals surface area contributed by atoms with Crippen molar-refractivity contribution in [2.45, 2.75) is 66.8 Å². The van der Waals surface area contributed by atoms with Crippen molar-refractivity contribution in [1.82, 2.24) is 4.90 Å². The van der Waals surface area contributed by atoms with Crippen molar-refractivity contribution < 1.29 is 6.22 Å². The van der Waals surface area contributed by atoms with Gasteiger partial charge in [-0.2, -0.15) is 0 Å². The van der Waals surface area contributed by atoms with Gasteiger partial charge in [-0.1, -0.05) is 28.2 Å². The molecule has 1 aliphatic carbocycles. The van der Waals surface area contributed by atoms with Crippen LogP contribution in [-0.4, -0.2) is 41.0 Å². The highest BCUT2D eigenvalue weighted by Crippen LogP contribution is 2.32. The van der Waals surface area contributed by atoms with Gasteiger partial charge in [0.2, 0.25) is 0 Å². The van der Waals surface area contributed by atoms with E-state index in [0.29, 0.717) is 5.04 Å². The van der Waals surface area contributed by atoms with E-state index in [9.17, 15) is 0 Å². The number of carbonyl (C=O) groups excluding carboxylic acids is 1. The average Bonchev–Trinajstić information content (AvgIpc) is 3.14. The molecule has 0 radical (unpaired) electrons. The average molecular weight is 347 g/mol. The maximum Gasteiger partial charge on any atom is 0.157 e. The molecule has 4 N–H and O–H groups in total. The lowest BCUT2D eigenvalue weighted by atomic mass is 9.99. The molecule has 0 aromatic carbocycles. The minimum absolute atomic E-state index is 0. The first-order valence-corrected chi connectivity index (χ1v) is 8.65. The maximum absolute atomic E-state index is 8.00. The first kappa shape index (κ1) is 24.4. The Morgan fingerprint density at radius 1 is 1.30 bits per heavy atom. The molecule has 5 nitrogen and oxygen atoms in total. The molecule has 1 saturated carbocycles. The molecular weight excluding hydrogens is 308 g/mol. The summed E-state index contributed by atoms with van der Waals surface area (Å²) in [5, 5.41) is 14.7. The number of nitrogens with zero attached hydrogens (tertiary/aromatic N) is 1. The topological polar surface area (TPSA) is 94.0 Å². The quantitative estimate of drug-likeness (QED) is 0.515. The summed E-state index contributed by atoms with van der Waals surface area (Å²) in [5.41, 5.74) is 4.91. The van der Waals surface area contributed by atoms with Crippen LogP contribution in [0.3, 0.4) is 0 Å². The van der Waals surface area contributed by atoms with Crippen molar-refractivity contribution in [1.29, 1.82) is 10.8 Å². The summed E-state index contributed by atoms with van der Waals surface area (Å²) in [4.78, 5) is 10.7. The van der Waals surface area contributed by atoms with Gasteiger partial charge in [0.15, 0.2) is 5.17 Å². The Bertz CT molecular complexity index is 370. The SMILES string of the molecule is C.C=O.CC(C)(C)C(=N)SC(=N)N.C[C@@H]1CCCN1CC1CC1.[HH]. The smallest absolute Gasteiger partial charge is 0.157 e. The van der Waals surface area contributed by atoms with Gasteiger partial charge in [0.1, 0.15) is 6.79 Å². The first-order valence-electron chi connectivity index (χ1n) is 7.84. The molecule has 23 heavy (non-hydrogen) atoms. The highest BCUT2D eigenvalue weighted by atomic mass is 32.2. The lowest BCUT2D eigenvalue weighted by molar-refractivity contribution is -0.0979. The Kier molecular flexibility index (Phi) is 12.3. The van der Waals surface area contributed by atoms with Crippen molar-refractivity contribution in [3.8, 4) is 0 Å². The van der Waals surface area contributed by atoms with Gasteiger partial charge < -0.3 is 15.4 Å². The van der Waals surface area contributed by atoms with Gasteiger partial charge in [0.25, 0.3) is 0 Å². The lowest BCUT2D eigenvalue weighted by Gasteiger charge is -2.20. The Balaban J connectivity index is -0.000000310. The van der Waals surface area contributed by atoms with E-state index < -0.39 is 0 Å². The van der Waals surface area contributed by atoms with Gasteiger partial charge in [-0.25, -0.2) is 0 Å². The van der Waals surface area contributed by atoms with Crippen LogP contribution in [0.2, 0.25) is 0 Å². The fourth-order valence-corrected chi connectivity index (χ4v) is 2.69. The highest BCUT2D eigenvalue weighted by molar-refractivity contribution is 8.26. The fraction of sp³-hybridized carbons (Fsp3) is 0.824. The van der Waals surface area contributed by atoms with E-state index in [-0.39, 0.29) is 19.4 Å². The summed E-state index contributed by atoms with van der Waals surface area (Å²) in [6.45, 7) is 12.9. The van der Waals surface area contributed by atoms with Crippen LogP contribution >= 0.6 is 11.8 Å². The molecule has 0 bridgehead atoms. The van der Waals surface area contributed by atoms with Crippen molar-refractivity contribution in [2.24, 2.45) is 17.1 Å². The first-order chi connectivity index (χ1) is 10.2. The number of hydrogen-bond donors (Lipinski definition) is 3. The summed E-state index contributed by atoms with van der Waals surface area (Å²) in [5.74, 6) is 1.08. The second kappa shape index (κ2) is 11.6. The van der Waals surface area contributed by atoms with Crippen LogP contribution in [0, 0.1) is 22.2 Å². The molecule has 6 heteroatoms. The molecule has 0 amide bonds. The molecule has 1 atom stereocenters. The van der Waals surface area contributed by atoms with Gasteiger partial charge >= 0.3 is 0 Å². The van der Waals surface area contributed by atoms with E-state index >= 15 is 0 Å². The molecule has 1 aliphatic heterocycles. The summed E-state index contributed by atoms with van der Waals surface area (Å²) < 4.78 is 0. The zero-order valence-corrected chi connectivity index (χ0v) is 15.3. The summed E-state index contributed by atoms with van der Waals surface area (Å²) in [6, 6.07) is 0.889. The van der Waals surface area contributed by atoms with Crippen LogP contribution in [0.25, 0.3) is 0 Å². The molecular formula is C17H38N4OS. The van der Waals surface area contributed by atoms with E-state index in [1.54, 1.807) is 0 Å². The van der Waals surface area contributed by atoms with Gasteiger partial charge in [-0.05, 0) is 56.8 Å². The van der Waals surface area contributed by atoms with Crippen molar-refractivity contribution >= 4 is 28.8 Å². The minimum atomic E-state index is -0.184. The minimum Gasteiger partial charge on any atom is -0.378 e. The number of rotatable bonds is 2. The van der Waals surface area contributed by atoms with E-state index in [1.165, 1.54) is 38.8 Å². The van der Waals surface area contributed by atoms with Gasteiger partial charge in [-0.3, -0.25) is 10.8 Å². The molecule has 2 aliphatic rings. The standard InChI is InChI=1S/C9H17N.C6H13N3S.CH2O.CH4.H2/c1-8-3-2-6-10(8)7-9-4-5-9;1-6(2,3)4(7)10-5(8)9;1-2;;/h8-9H,2-7H2,1H3;7H,1-3H3,(H3,8,9);1H2;1H4;1H/t8-;;;;/m1..../s1. The molecule has 1 saturated heterocycles. The Hall–Kier alpha value is -0.880. The maximum atomic E-state index is 8.00. The predicted molar refractivity (Wildman–Crippen MR) is 106 cm³/mol. The Morgan fingerprint density at radius 2 is 1.83 bits per heavy atom. The highest BCUT2D eigenvalue weighted by Gasteiger charge is 2.28. The van der Waals surface area contributed by atoms with Gasteiger partial charge in [-0.15, -0.1) is 0 Å². The molecule has 2 rings (SSSR count). The number of nitrogens with one attached hydrogen (secondary N) is 2. The second-order valence-corrected chi connectivity index (χ2v) is 8.03. The molecule has 0 aromatic heterocycles. The molecule has 0 unspecified atom stereocenters. The molecule has 0 aromatic rings. The summed E-state index contributed by atoms with van der Waals surface area (Å²) >= 11 is 1.01. The third-order valence-electron chi connectivity index (χ3n) is 3.77. The molecule has 0 spiro atoms. The zero-order chi connectivity index (χ0) is 17.3. The number of likely N-dealkylation sites (tertiary alicyclic amines) is 1. The van der Waals surface area contributed by atoms with E-state index in [4.69, 9.17) is 21.3 Å². The largest absolute Gasteiger partial charge is 0.378 e. The summed E-state index contributed by atoms with van der Waals surface area (Å²) in [6.07, 6.45) is 5.88. The van der Waals surface area contributed by atoms with Crippen LogP contribution in [-0.2, 0) is 4.79 Å². The van der Waals surface area contributed by atoms with Crippen LogP contribution < -0.4 is 5.73 Å². The number of carbonyl (C=O) groups is 1. The van der Waals surface area contributed by atoms with E-state index in [2.05, 4.69) is 11.8 Å². The number of amidine groups is 1. The van der Waals surface area contributed by atoms with Crippen molar-refractivity contribution in [3.63, 3.8) is 0 Å². The fourth-order valence-electron chi connectivity index (χ4n) is 2.16. The van der Waals surface area contributed by atoms with Crippen LogP contribution in [0.5, 0.6) is 0 Å². The molecule has 2 fully saturated rings. The normalized spacial score (nSPS) is 20.3. The number of hydrogen-bond acceptors (Lipinski definition) is 5. The van der Waals surface area contributed by atoms with E-state index in [0.717, 1.165) is 23.7 Å². The third kappa shape index (κ3) is 11.3. The van der Waals surface area contributed by atoms with Crippen LogP contribution in [0.4, 0.5) is 0 Å². The lowest BCUT2D eigenvalue weighted by Crippen LogP contribution is -2.28. The van der Waals surface area contributed by atoms with Gasteiger partial charge in [0.05, 0.1) is 5.04 Å². The van der Waals surface area contributed by atoms with Gasteiger partial charge in [0, 0.05) is 19.4 Å². The van der Waals surface area contributed by atoms with E-state index in [1.807, 2.05) is 27.6 Å². The van der Waals surface area contributed by atoms with Crippen molar-refractivity contribution in [2.75, 3.05) is 13.1 Å². The molecule has 138 valence electrons. The Labute approximate surface area is 148 Å². The number of nitrogens with two attached hydrogens (primary N) is 1. The Morgan fingerprint density at radius 3 is 2.09 bits per heavy atom. The number of thioether (sulfide) groups is 1. The van der Waals surface area contributed by atoms with Crippen molar-refractivity contribution in [3.05, 3.63) is 0 Å². The second-order valence-electron chi connectivity index (χ2n) is 6.97. The predicted octanol–water partition coefficient (Wildman–Crippen LogP) is 4.21. The monoisotopic (exact) mass is 346 g/mol. The molecule has 1 heterocycles. The van der Waals surface area contributed by atoms with Crippen LogP contribution in [0.15, 0.2) is 0 Å². The zero-order valence-electron chi connectivity index (χ0n) is 14.4. The van der Waals surface area contributed by atoms with Crippen LogP contribution in [0.1, 0.15) is 62.2 Å². The third-order valence-corrected chi connectivity index (χ3v) is 4.81.